The molecule has 0 amide bonds. The van der Waals surface area contributed by atoms with Crippen LogP contribution in [0, 0.1) is 6.92 Å². The fourth-order valence-corrected chi connectivity index (χ4v) is 1.91. The molecule has 0 spiro atoms. The highest BCUT2D eigenvalue weighted by Gasteiger charge is 2.10. The zero-order valence-corrected chi connectivity index (χ0v) is 8.93. The van der Waals surface area contributed by atoms with Crippen molar-refractivity contribution in [3.8, 4) is 0 Å². The van der Waals surface area contributed by atoms with Gasteiger partial charge >= 0.3 is 0 Å². The van der Waals surface area contributed by atoms with E-state index in [1.807, 2.05) is 6.07 Å². The molecule has 1 aromatic heterocycles. The van der Waals surface area contributed by atoms with Crippen molar-refractivity contribution in [2.24, 2.45) is 5.73 Å². The Bertz CT molecular complexity index is 253. The Labute approximate surface area is 81.3 Å². The lowest BCUT2D eigenvalue weighted by molar-refractivity contribution is 0.686. The van der Waals surface area contributed by atoms with Gasteiger partial charge < -0.3 is 5.73 Å². The number of nitrogens with two attached hydrogens (primary N) is 1. The number of hydrogen-bond acceptors (Lipinski definition) is 2. The molecule has 0 aliphatic rings. The van der Waals surface area contributed by atoms with Gasteiger partial charge in [0.05, 0.1) is 0 Å². The topological polar surface area (TPSA) is 38.9 Å². The maximum atomic E-state index is 5.93. The summed E-state index contributed by atoms with van der Waals surface area (Å²) in [5.41, 5.74) is 8.25. The van der Waals surface area contributed by atoms with Crippen molar-refractivity contribution < 1.29 is 0 Å². The molecule has 0 bridgehead atoms. The van der Waals surface area contributed by atoms with Gasteiger partial charge in [0.2, 0.25) is 0 Å². The van der Waals surface area contributed by atoms with Gasteiger partial charge in [0, 0.05) is 17.8 Å². The first-order chi connectivity index (χ1) is 5.66. The molecule has 66 valence electrons. The molecule has 1 aromatic rings. The molecule has 1 atom stereocenters. The minimum absolute atomic E-state index is 0.0908. The van der Waals surface area contributed by atoms with Crippen LogP contribution in [0.1, 0.15) is 30.5 Å². The van der Waals surface area contributed by atoms with Crippen LogP contribution in [0.5, 0.6) is 0 Å². The first kappa shape index (κ1) is 9.68. The fraction of sp³-hybridized carbons (Fsp3) is 0.444. The summed E-state index contributed by atoms with van der Waals surface area (Å²) in [6.45, 7) is 4.13. The van der Waals surface area contributed by atoms with Crippen LogP contribution >= 0.6 is 15.9 Å². The molecule has 0 fully saturated rings. The monoisotopic (exact) mass is 228 g/mol. The molecule has 0 aromatic carbocycles. The molecular weight excluding hydrogens is 216 g/mol. The largest absolute Gasteiger partial charge is 0.324 e. The van der Waals surface area contributed by atoms with Crippen molar-refractivity contribution in [2.45, 2.75) is 26.3 Å². The van der Waals surface area contributed by atoms with E-state index < -0.39 is 0 Å². The van der Waals surface area contributed by atoms with Crippen LogP contribution in [0.15, 0.2) is 16.9 Å². The highest BCUT2D eigenvalue weighted by Crippen LogP contribution is 2.24. The van der Waals surface area contributed by atoms with Gasteiger partial charge in [-0.15, -0.1) is 0 Å². The summed E-state index contributed by atoms with van der Waals surface area (Å²) in [6, 6.07) is 2.07. The quantitative estimate of drug-likeness (QED) is 0.791. The maximum Gasteiger partial charge on any atom is 0.111 e. The van der Waals surface area contributed by atoms with E-state index in [9.17, 15) is 0 Å². The number of aryl methyl sites for hydroxylation is 1. The van der Waals surface area contributed by atoms with E-state index in [-0.39, 0.29) is 6.04 Å². The van der Waals surface area contributed by atoms with E-state index in [4.69, 9.17) is 5.73 Å². The molecule has 1 rings (SSSR count). The molecule has 12 heavy (non-hydrogen) atoms. The predicted octanol–water partition coefficient (Wildman–Crippen LogP) is 2.56. The van der Waals surface area contributed by atoms with Crippen molar-refractivity contribution in [1.29, 1.82) is 0 Å². The average Bonchev–Trinajstić information content (AvgIpc) is 2.03. The van der Waals surface area contributed by atoms with E-state index in [2.05, 4.69) is 34.8 Å². The summed E-state index contributed by atoms with van der Waals surface area (Å²) in [4.78, 5) is 4.15. The van der Waals surface area contributed by atoms with E-state index in [1.165, 1.54) is 5.56 Å². The number of hydrogen-bond donors (Lipinski definition) is 1. The van der Waals surface area contributed by atoms with Crippen molar-refractivity contribution >= 4 is 15.9 Å². The number of pyridine rings is 1. The summed E-state index contributed by atoms with van der Waals surface area (Å²) in [5.74, 6) is 0. The Morgan fingerprint density at radius 3 is 2.83 bits per heavy atom. The van der Waals surface area contributed by atoms with Gasteiger partial charge in [0.15, 0.2) is 0 Å². The lowest BCUT2D eigenvalue weighted by Crippen LogP contribution is -2.11. The molecule has 0 radical (unpaired) electrons. The molecule has 2 nitrogen and oxygen atoms in total. The first-order valence-corrected chi connectivity index (χ1v) is 4.82. The molecule has 3 heteroatoms. The minimum Gasteiger partial charge on any atom is -0.324 e. The Morgan fingerprint density at radius 2 is 2.33 bits per heavy atom. The van der Waals surface area contributed by atoms with E-state index in [0.717, 1.165) is 16.6 Å². The Morgan fingerprint density at radius 1 is 1.67 bits per heavy atom. The van der Waals surface area contributed by atoms with Crippen molar-refractivity contribution in [3.63, 3.8) is 0 Å². The van der Waals surface area contributed by atoms with Crippen LogP contribution in [0.3, 0.4) is 0 Å². The zero-order valence-electron chi connectivity index (χ0n) is 7.34. The van der Waals surface area contributed by atoms with Crippen LogP contribution in [0.2, 0.25) is 0 Å². The smallest absolute Gasteiger partial charge is 0.111 e. The van der Waals surface area contributed by atoms with Gasteiger partial charge in [-0.05, 0) is 40.9 Å². The number of halogens is 1. The third-order valence-corrected chi connectivity index (χ3v) is 2.60. The SMILES string of the molecule is CCC(N)c1c(C)ccnc1Br. The summed E-state index contributed by atoms with van der Waals surface area (Å²) in [5, 5.41) is 0. The lowest BCUT2D eigenvalue weighted by Gasteiger charge is -2.13. The van der Waals surface area contributed by atoms with Crippen molar-refractivity contribution in [1.82, 2.24) is 4.98 Å². The Balaban J connectivity index is 3.12. The lowest BCUT2D eigenvalue weighted by atomic mass is 10.0. The van der Waals surface area contributed by atoms with Crippen molar-refractivity contribution in [3.05, 3.63) is 28.0 Å². The van der Waals surface area contributed by atoms with Crippen LogP contribution < -0.4 is 5.73 Å². The maximum absolute atomic E-state index is 5.93. The van der Waals surface area contributed by atoms with Gasteiger partial charge in [-0.2, -0.15) is 0 Å². The molecule has 0 saturated carbocycles. The summed E-state index contributed by atoms with van der Waals surface area (Å²) in [7, 11) is 0. The second kappa shape index (κ2) is 4.01. The number of nitrogens with zero attached hydrogens (tertiary/aromatic N) is 1. The Kier molecular flexibility index (Phi) is 3.23. The molecular formula is C9H13BrN2. The van der Waals surface area contributed by atoms with Gasteiger partial charge in [0.25, 0.3) is 0 Å². The predicted molar refractivity (Wildman–Crippen MR) is 53.9 cm³/mol. The van der Waals surface area contributed by atoms with E-state index in [0.29, 0.717) is 0 Å². The summed E-state index contributed by atoms with van der Waals surface area (Å²) < 4.78 is 0.872. The van der Waals surface area contributed by atoms with E-state index in [1.54, 1.807) is 6.20 Å². The summed E-state index contributed by atoms with van der Waals surface area (Å²) in [6.07, 6.45) is 2.72. The van der Waals surface area contributed by atoms with Gasteiger partial charge in [-0.3, -0.25) is 0 Å². The van der Waals surface area contributed by atoms with Crippen molar-refractivity contribution in [2.75, 3.05) is 0 Å². The number of rotatable bonds is 2. The molecule has 2 N–H and O–H groups in total. The fourth-order valence-electron chi connectivity index (χ4n) is 1.19. The average molecular weight is 229 g/mol. The second-order valence-corrected chi connectivity index (χ2v) is 3.60. The normalized spacial score (nSPS) is 13.0. The van der Waals surface area contributed by atoms with Gasteiger partial charge in [0.1, 0.15) is 4.60 Å². The molecule has 1 unspecified atom stereocenters. The molecule has 0 aliphatic heterocycles. The van der Waals surface area contributed by atoms with E-state index >= 15 is 0 Å². The first-order valence-electron chi connectivity index (χ1n) is 4.03. The Hall–Kier alpha value is -0.410. The van der Waals surface area contributed by atoms with Crippen LogP contribution in [-0.4, -0.2) is 4.98 Å². The molecule has 0 saturated heterocycles. The van der Waals surface area contributed by atoms with Gasteiger partial charge in [-0.25, -0.2) is 4.98 Å². The third kappa shape index (κ3) is 1.84. The van der Waals surface area contributed by atoms with Crippen LogP contribution in [0.25, 0.3) is 0 Å². The number of aromatic nitrogens is 1. The standard InChI is InChI=1S/C9H13BrN2/c1-3-7(11)8-6(2)4-5-12-9(8)10/h4-5,7H,3,11H2,1-2H3. The molecule has 0 aliphatic carbocycles. The zero-order chi connectivity index (χ0) is 9.14. The summed E-state index contributed by atoms with van der Waals surface area (Å²) >= 11 is 3.40. The molecule has 1 heterocycles. The van der Waals surface area contributed by atoms with Gasteiger partial charge in [-0.1, -0.05) is 6.92 Å². The highest BCUT2D eigenvalue weighted by molar-refractivity contribution is 9.10. The second-order valence-electron chi connectivity index (χ2n) is 2.85. The van der Waals surface area contributed by atoms with Crippen LogP contribution in [0.4, 0.5) is 0 Å². The van der Waals surface area contributed by atoms with Crippen LogP contribution in [-0.2, 0) is 0 Å². The third-order valence-electron chi connectivity index (χ3n) is 1.97. The highest BCUT2D eigenvalue weighted by atomic mass is 79.9. The minimum atomic E-state index is 0.0908.